The highest BCUT2D eigenvalue weighted by molar-refractivity contribution is 5.82. The Hall–Kier alpha value is -0.670. The summed E-state index contributed by atoms with van der Waals surface area (Å²) in [5.74, 6) is 0.398. The van der Waals surface area contributed by atoms with Gasteiger partial charge in [-0.15, -0.1) is 6.58 Å². The van der Waals surface area contributed by atoms with E-state index in [-0.39, 0.29) is 12.0 Å². The Morgan fingerprint density at radius 1 is 1.60 bits per heavy atom. The number of unbranched alkanes of at least 4 members (excludes halogenated alkanes) is 1. The van der Waals surface area contributed by atoms with Crippen molar-refractivity contribution < 1.29 is 9.53 Å². The number of likely N-dealkylation sites (N-methyl/N-ethyl adjacent to an activating group) is 1. The first-order valence-electron chi connectivity index (χ1n) is 5.74. The molecule has 0 aromatic heterocycles. The Morgan fingerprint density at radius 3 is 3.07 bits per heavy atom. The van der Waals surface area contributed by atoms with Crippen LogP contribution in [0, 0.1) is 5.92 Å². The standard InChI is InChI=1S/C12H21NO2/c1-3-5-6-7-12(14)10-8-15-9-11(10)13-4-2/h3,10-11,13H,1,4-9H2,2H3. The maximum Gasteiger partial charge on any atom is 0.139 e. The fourth-order valence-corrected chi connectivity index (χ4v) is 1.94. The van der Waals surface area contributed by atoms with E-state index >= 15 is 0 Å². The van der Waals surface area contributed by atoms with Crippen LogP contribution in [-0.2, 0) is 9.53 Å². The van der Waals surface area contributed by atoms with Gasteiger partial charge in [-0.1, -0.05) is 13.0 Å². The predicted molar refractivity (Wildman–Crippen MR) is 60.8 cm³/mol. The molecule has 15 heavy (non-hydrogen) atoms. The zero-order valence-electron chi connectivity index (χ0n) is 9.50. The third-order valence-corrected chi connectivity index (χ3v) is 2.79. The van der Waals surface area contributed by atoms with Gasteiger partial charge in [-0.25, -0.2) is 0 Å². The molecule has 0 aromatic carbocycles. The minimum atomic E-state index is 0.0646. The predicted octanol–water partition coefficient (Wildman–Crippen LogP) is 1.54. The monoisotopic (exact) mass is 211 g/mol. The van der Waals surface area contributed by atoms with Gasteiger partial charge in [-0.3, -0.25) is 4.79 Å². The smallest absolute Gasteiger partial charge is 0.139 e. The number of carbonyl (C=O) groups is 1. The van der Waals surface area contributed by atoms with Crippen molar-refractivity contribution in [3.8, 4) is 0 Å². The highest BCUT2D eigenvalue weighted by atomic mass is 16.5. The Bertz CT molecular complexity index is 216. The molecule has 1 heterocycles. The average molecular weight is 211 g/mol. The molecule has 0 bridgehead atoms. The van der Waals surface area contributed by atoms with Crippen LogP contribution in [0.1, 0.15) is 26.2 Å². The molecule has 2 atom stereocenters. The molecule has 0 aromatic rings. The molecule has 0 radical (unpaired) electrons. The quantitative estimate of drug-likeness (QED) is 0.513. The second-order valence-corrected chi connectivity index (χ2v) is 3.96. The first-order chi connectivity index (χ1) is 7.29. The second-order valence-electron chi connectivity index (χ2n) is 3.96. The lowest BCUT2D eigenvalue weighted by Gasteiger charge is -2.16. The van der Waals surface area contributed by atoms with Crippen LogP contribution in [0.2, 0.25) is 0 Å². The van der Waals surface area contributed by atoms with Crippen LogP contribution >= 0.6 is 0 Å². The van der Waals surface area contributed by atoms with Gasteiger partial charge in [-0.05, 0) is 19.4 Å². The molecule has 1 aliphatic heterocycles. The largest absolute Gasteiger partial charge is 0.379 e. The molecule has 2 unspecified atom stereocenters. The minimum absolute atomic E-state index is 0.0646. The summed E-state index contributed by atoms with van der Waals surface area (Å²) < 4.78 is 5.35. The molecule has 3 heteroatoms. The van der Waals surface area contributed by atoms with Gasteiger partial charge in [0.2, 0.25) is 0 Å². The summed E-state index contributed by atoms with van der Waals surface area (Å²) in [7, 11) is 0. The van der Waals surface area contributed by atoms with Crippen LogP contribution in [0.3, 0.4) is 0 Å². The number of nitrogens with one attached hydrogen (secondary N) is 1. The van der Waals surface area contributed by atoms with Crippen LogP contribution in [0.15, 0.2) is 12.7 Å². The summed E-state index contributed by atoms with van der Waals surface area (Å²) in [6.07, 6.45) is 4.35. The molecule has 1 N–H and O–H groups in total. The molecule has 86 valence electrons. The number of hydrogen-bond acceptors (Lipinski definition) is 3. The van der Waals surface area contributed by atoms with Crippen molar-refractivity contribution in [2.24, 2.45) is 5.92 Å². The van der Waals surface area contributed by atoms with Crippen LogP contribution in [-0.4, -0.2) is 31.6 Å². The number of allylic oxidation sites excluding steroid dienone is 1. The summed E-state index contributed by atoms with van der Waals surface area (Å²) in [6.45, 7) is 7.86. The number of ketones is 1. The SMILES string of the molecule is C=CCCCC(=O)C1COCC1NCC. The van der Waals surface area contributed by atoms with Crippen molar-refractivity contribution in [3.63, 3.8) is 0 Å². The lowest BCUT2D eigenvalue weighted by Crippen LogP contribution is -2.39. The lowest BCUT2D eigenvalue weighted by molar-refractivity contribution is -0.123. The number of carbonyl (C=O) groups excluding carboxylic acids is 1. The third kappa shape index (κ3) is 3.76. The molecule has 0 amide bonds. The highest BCUT2D eigenvalue weighted by Gasteiger charge is 2.32. The van der Waals surface area contributed by atoms with E-state index in [1.54, 1.807) is 0 Å². The van der Waals surface area contributed by atoms with Crippen LogP contribution < -0.4 is 5.32 Å². The molecule has 1 saturated heterocycles. The van der Waals surface area contributed by atoms with E-state index in [1.807, 2.05) is 6.08 Å². The maximum absolute atomic E-state index is 11.9. The summed E-state index contributed by atoms with van der Waals surface area (Å²) in [5.41, 5.74) is 0. The number of hydrogen-bond donors (Lipinski definition) is 1. The highest BCUT2D eigenvalue weighted by Crippen LogP contribution is 2.17. The molecule has 1 fully saturated rings. The number of rotatable bonds is 7. The molecule has 0 saturated carbocycles. The molecular weight excluding hydrogens is 190 g/mol. The van der Waals surface area contributed by atoms with Gasteiger partial charge in [0.1, 0.15) is 5.78 Å². The fraction of sp³-hybridized carbons (Fsp3) is 0.750. The molecule has 1 aliphatic rings. The average Bonchev–Trinajstić information content (AvgIpc) is 2.67. The summed E-state index contributed by atoms with van der Waals surface area (Å²) in [6, 6.07) is 0.228. The normalized spacial score (nSPS) is 25.4. The maximum atomic E-state index is 11.9. The molecular formula is C12H21NO2. The van der Waals surface area contributed by atoms with Crippen molar-refractivity contribution in [2.45, 2.75) is 32.2 Å². The van der Waals surface area contributed by atoms with Crippen LogP contribution in [0.5, 0.6) is 0 Å². The minimum Gasteiger partial charge on any atom is -0.379 e. The number of ether oxygens (including phenoxy) is 1. The van der Waals surface area contributed by atoms with Crippen molar-refractivity contribution in [2.75, 3.05) is 19.8 Å². The van der Waals surface area contributed by atoms with E-state index in [4.69, 9.17) is 4.74 Å². The van der Waals surface area contributed by atoms with Crippen molar-refractivity contribution in [1.29, 1.82) is 0 Å². The Kier molecular flexibility index (Phi) is 5.58. The van der Waals surface area contributed by atoms with E-state index < -0.39 is 0 Å². The summed E-state index contributed by atoms with van der Waals surface area (Å²) in [4.78, 5) is 11.9. The van der Waals surface area contributed by atoms with Gasteiger partial charge in [-0.2, -0.15) is 0 Å². The van der Waals surface area contributed by atoms with Gasteiger partial charge in [0, 0.05) is 12.5 Å². The first kappa shape index (κ1) is 12.4. The van der Waals surface area contributed by atoms with Crippen molar-refractivity contribution >= 4 is 5.78 Å². The van der Waals surface area contributed by atoms with E-state index in [1.165, 1.54) is 0 Å². The van der Waals surface area contributed by atoms with Gasteiger partial charge in [0.25, 0.3) is 0 Å². The fourth-order valence-electron chi connectivity index (χ4n) is 1.94. The Balaban J connectivity index is 2.33. The Morgan fingerprint density at radius 2 is 2.40 bits per heavy atom. The Labute approximate surface area is 91.9 Å². The summed E-state index contributed by atoms with van der Waals surface area (Å²) in [5, 5.41) is 3.30. The molecule has 1 rings (SSSR count). The van der Waals surface area contributed by atoms with E-state index in [2.05, 4.69) is 18.8 Å². The number of Topliss-reactive ketones (excluding diaryl/α,β-unsaturated/α-hetero) is 1. The lowest BCUT2D eigenvalue weighted by atomic mass is 9.95. The van der Waals surface area contributed by atoms with Crippen molar-refractivity contribution in [1.82, 2.24) is 5.32 Å². The molecule has 0 spiro atoms. The van der Waals surface area contributed by atoms with E-state index in [9.17, 15) is 4.79 Å². The van der Waals surface area contributed by atoms with Gasteiger partial charge in [0.05, 0.1) is 19.1 Å². The zero-order valence-corrected chi connectivity index (χ0v) is 9.50. The summed E-state index contributed by atoms with van der Waals surface area (Å²) >= 11 is 0. The third-order valence-electron chi connectivity index (χ3n) is 2.79. The van der Waals surface area contributed by atoms with Crippen LogP contribution in [0.4, 0.5) is 0 Å². The molecule has 3 nitrogen and oxygen atoms in total. The molecule has 0 aliphatic carbocycles. The topological polar surface area (TPSA) is 38.3 Å². The van der Waals surface area contributed by atoms with Gasteiger partial charge >= 0.3 is 0 Å². The zero-order chi connectivity index (χ0) is 11.1. The van der Waals surface area contributed by atoms with Gasteiger partial charge in [0.15, 0.2) is 0 Å². The van der Waals surface area contributed by atoms with E-state index in [0.29, 0.717) is 25.4 Å². The van der Waals surface area contributed by atoms with Crippen LogP contribution in [0.25, 0.3) is 0 Å². The first-order valence-corrected chi connectivity index (χ1v) is 5.74. The second kappa shape index (κ2) is 6.75. The van der Waals surface area contributed by atoms with Crippen molar-refractivity contribution in [3.05, 3.63) is 12.7 Å². The van der Waals surface area contributed by atoms with E-state index in [0.717, 1.165) is 19.4 Å². The van der Waals surface area contributed by atoms with Gasteiger partial charge < -0.3 is 10.1 Å².